The number of rotatable bonds is 4. The summed E-state index contributed by atoms with van der Waals surface area (Å²) in [5, 5.41) is 8.90. The van der Waals surface area contributed by atoms with Crippen molar-refractivity contribution < 1.29 is 19.7 Å². The largest absolute Gasteiger partial charge is 0.453 e. The van der Waals surface area contributed by atoms with Crippen LogP contribution in [0.5, 0.6) is 0 Å². The first kappa shape index (κ1) is 12.9. The Morgan fingerprint density at radius 2 is 2.31 bits per heavy atom. The van der Waals surface area contributed by atoms with Gasteiger partial charge in [-0.1, -0.05) is 12.7 Å². The van der Waals surface area contributed by atoms with Gasteiger partial charge >= 0.3 is 5.97 Å². The monoisotopic (exact) mass is 226 g/mol. The molecule has 0 fully saturated rings. The molecular weight excluding hydrogens is 208 g/mol. The summed E-state index contributed by atoms with van der Waals surface area (Å²) in [6.07, 6.45) is 6.97. The molecular formula is C12H18O4. The van der Waals surface area contributed by atoms with Gasteiger partial charge in [-0.3, -0.25) is 5.26 Å². The Labute approximate surface area is 95.5 Å². The molecule has 0 saturated heterocycles. The maximum Gasteiger partial charge on any atom is 0.346 e. The van der Waals surface area contributed by atoms with E-state index in [-0.39, 0.29) is 0 Å². The number of carbonyl (C=O) groups excluding carboxylic acids is 1. The van der Waals surface area contributed by atoms with E-state index in [0.29, 0.717) is 6.42 Å². The molecule has 0 radical (unpaired) electrons. The average molecular weight is 226 g/mol. The zero-order valence-electron chi connectivity index (χ0n) is 9.73. The van der Waals surface area contributed by atoms with Gasteiger partial charge in [0.1, 0.15) is 5.60 Å². The third kappa shape index (κ3) is 2.71. The second kappa shape index (κ2) is 4.80. The molecule has 0 bridgehead atoms. The van der Waals surface area contributed by atoms with E-state index in [1.165, 1.54) is 6.08 Å². The first-order valence-electron chi connectivity index (χ1n) is 5.33. The van der Waals surface area contributed by atoms with E-state index in [9.17, 15) is 4.79 Å². The molecule has 1 N–H and O–H groups in total. The van der Waals surface area contributed by atoms with E-state index in [2.05, 4.69) is 11.5 Å². The highest BCUT2D eigenvalue weighted by molar-refractivity contribution is 5.82. The summed E-state index contributed by atoms with van der Waals surface area (Å²) >= 11 is 0. The smallest absolute Gasteiger partial charge is 0.346 e. The number of allylic oxidation sites excluding steroid dienone is 1. The third-order valence-corrected chi connectivity index (χ3v) is 2.66. The number of esters is 1. The van der Waals surface area contributed by atoms with Crippen molar-refractivity contribution in [3.8, 4) is 0 Å². The molecule has 0 heterocycles. The Hall–Kier alpha value is -1.13. The summed E-state index contributed by atoms with van der Waals surface area (Å²) in [6.45, 7) is 7.02. The third-order valence-electron chi connectivity index (χ3n) is 2.66. The molecule has 1 unspecified atom stereocenters. The van der Waals surface area contributed by atoms with Crippen molar-refractivity contribution in [1.82, 2.24) is 0 Å². The van der Waals surface area contributed by atoms with E-state index in [4.69, 9.17) is 9.99 Å². The maximum atomic E-state index is 11.9. The normalized spacial score (nSPS) is 25.2. The fourth-order valence-electron chi connectivity index (χ4n) is 1.49. The molecule has 0 aromatic rings. The summed E-state index contributed by atoms with van der Waals surface area (Å²) < 4.78 is 5.23. The summed E-state index contributed by atoms with van der Waals surface area (Å²) in [6, 6.07) is 0. The molecule has 0 saturated carbocycles. The lowest BCUT2D eigenvalue weighted by atomic mass is 9.91. The Morgan fingerprint density at radius 1 is 1.62 bits per heavy atom. The lowest BCUT2D eigenvalue weighted by Crippen LogP contribution is -2.44. The van der Waals surface area contributed by atoms with Crippen molar-refractivity contribution in [3.05, 3.63) is 24.8 Å². The summed E-state index contributed by atoms with van der Waals surface area (Å²) in [5.74, 6) is -0.587. The van der Waals surface area contributed by atoms with E-state index >= 15 is 0 Å². The molecule has 1 rings (SSSR count). The van der Waals surface area contributed by atoms with Crippen LogP contribution in [0, 0.1) is 0 Å². The lowest BCUT2D eigenvalue weighted by molar-refractivity contribution is -0.308. The molecule has 1 atom stereocenters. The van der Waals surface area contributed by atoms with Crippen LogP contribution in [0.4, 0.5) is 0 Å². The molecule has 0 spiro atoms. The minimum absolute atomic E-state index is 0.423. The zero-order chi connectivity index (χ0) is 12.2. The SMILES string of the molecule is C=CC(C)(C)OC(=O)C1(OO)C=CCCC1. The minimum Gasteiger partial charge on any atom is -0.453 e. The van der Waals surface area contributed by atoms with E-state index in [0.717, 1.165) is 12.8 Å². The number of ether oxygens (including phenoxy) is 1. The van der Waals surface area contributed by atoms with Gasteiger partial charge in [-0.15, -0.1) is 0 Å². The molecule has 90 valence electrons. The molecule has 0 aliphatic heterocycles. The van der Waals surface area contributed by atoms with Gasteiger partial charge < -0.3 is 4.74 Å². The molecule has 0 aromatic carbocycles. The molecule has 0 amide bonds. The summed E-state index contributed by atoms with van der Waals surface area (Å²) in [7, 11) is 0. The fraction of sp³-hybridized carbons (Fsp3) is 0.583. The van der Waals surface area contributed by atoms with Crippen LogP contribution in [-0.2, 0) is 14.4 Å². The van der Waals surface area contributed by atoms with Crippen LogP contribution in [0.1, 0.15) is 33.1 Å². The molecule has 1 aliphatic carbocycles. The number of hydrogen-bond donors (Lipinski definition) is 1. The van der Waals surface area contributed by atoms with Crippen molar-refractivity contribution in [2.24, 2.45) is 0 Å². The Kier molecular flexibility index (Phi) is 3.88. The van der Waals surface area contributed by atoms with Crippen LogP contribution >= 0.6 is 0 Å². The molecule has 0 aromatic heterocycles. The first-order valence-corrected chi connectivity index (χ1v) is 5.33. The van der Waals surface area contributed by atoms with Crippen molar-refractivity contribution in [2.45, 2.75) is 44.3 Å². The van der Waals surface area contributed by atoms with E-state index in [1.54, 1.807) is 19.9 Å². The van der Waals surface area contributed by atoms with Crippen molar-refractivity contribution in [1.29, 1.82) is 0 Å². The van der Waals surface area contributed by atoms with Crippen LogP contribution in [0.25, 0.3) is 0 Å². The standard InChI is InChI=1S/C12H18O4/c1-4-11(2,3)15-10(13)12(16-14)8-6-5-7-9-12/h4,6,8,14H,1,5,7,9H2,2-3H3. The van der Waals surface area contributed by atoms with Crippen LogP contribution in [0.15, 0.2) is 24.8 Å². The lowest BCUT2D eigenvalue weighted by Gasteiger charge is -2.31. The minimum atomic E-state index is -1.35. The highest BCUT2D eigenvalue weighted by atomic mass is 17.1. The second-order valence-corrected chi connectivity index (χ2v) is 4.47. The highest BCUT2D eigenvalue weighted by Crippen LogP contribution is 2.28. The Bertz CT molecular complexity index is 306. The quantitative estimate of drug-likeness (QED) is 0.346. The fourth-order valence-corrected chi connectivity index (χ4v) is 1.49. The van der Waals surface area contributed by atoms with E-state index < -0.39 is 17.2 Å². The number of hydrogen-bond acceptors (Lipinski definition) is 4. The van der Waals surface area contributed by atoms with Crippen LogP contribution < -0.4 is 0 Å². The number of carbonyl (C=O) groups is 1. The Morgan fingerprint density at radius 3 is 2.75 bits per heavy atom. The van der Waals surface area contributed by atoms with Gasteiger partial charge in [-0.2, -0.15) is 0 Å². The average Bonchev–Trinajstić information content (AvgIpc) is 2.29. The van der Waals surface area contributed by atoms with Gasteiger partial charge in [-0.25, -0.2) is 9.68 Å². The van der Waals surface area contributed by atoms with Gasteiger partial charge in [0.05, 0.1) is 0 Å². The highest BCUT2D eigenvalue weighted by Gasteiger charge is 2.42. The summed E-state index contributed by atoms with van der Waals surface area (Å²) in [4.78, 5) is 16.3. The molecule has 4 nitrogen and oxygen atoms in total. The van der Waals surface area contributed by atoms with Crippen LogP contribution in [-0.4, -0.2) is 22.4 Å². The van der Waals surface area contributed by atoms with Gasteiger partial charge in [-0.05, 0) is 45.3 Å². The van der Waals surface area contributed by atoms with Crippen molar-refractivity contribution in [3.63, 3.8) is 0 Å². The molecule has 16 heavy (non-hydrogen) atoms. The van der Waals surface area contributed by atoms with Crippen molar-refractivity contribution >= 4 is 5.97 Å². The second-order valence-electron chi connectivity index (χ2n) is 4.47. The van der Waals surface area contributed by atoms with Gasteiger partial charge in [0.25, 0.3) is 0 Å². The summed E-state index contributed by atoms with van der Waals surface area (Å²) in [5.41, 5.74) is -2.12. The van der Waals surface area contributed by atoms with Gasteiger partial charge in [0.2, 0.25) is 5.60 Å². The first-order chi connectivity index (χ1) is 7.46. The maximum absolute atomic E-state index is 11.9. The van der Waals surface area contributed by atoms with Gasteiger partial charge in [0, 0.05) is 0 Å². The van der Waals surface area contributed by atoms with Gasteiger partial charge in [0.15, 0.2) is 0 Å². The Balaban J connectivity index is 2.81. The zero-order valence-corrected chi connectivity index (χ0v) is 9.73. The molecule has 1 aliphatic rings. The molecule has 4 heteroatoms. The van der Waals surface area contributed by atoms with E-state index in [1.807, 2.05) is 6.08 Å². The van der Waals surface area contributed by atoms with Crippen LogP contribution in [0.3, 0.4) is 0 Å². The van der Waals surface area contributed by atoms with Crippen molar-refractivity contribution in [2.75, 3.05) is 0 Å². The van der Waals surface area contributed by atoms with Crippen LogP contribution in [0.2, 0.25) is 0 Å². The predicted molar refractivity (Wildman–Crippen MR) is 59.8 cm³/mol. The predicted octanol–water partition coefficient (Wildman–Crippen LogP) is 2.46. The topological polar surface area (TPSA) is 55.8 Å².